The fourth-order valence-electron chi connectivity index (χ4n) is 0.597. The molecule has 1 aliphatic rings. The van der Waals surface area contributed by atoms with Crippen LogP contribution in [0.3, 0.4) is 0 Å². The van der Waals surface area contributed by atoms with E-state index in [-0.39, 0.29) is 138 Å². The SMILES string of the molecule is CSCC[S-].CSCC[S-].CSCC[S-].CSCC[S-].CSCC[S-].[C]1=C=CC#C1.[Hg+].[Hg+].[Hg+].[Hg+].[Hg+]. The van der Waals surface area contributed by atoms with E-state index in [0.717, 1.165) is 57.5 Å². The van der Waals surface area contributed by atoms with Crippen LogP contribution < -0.4 is 0 Å². The molecule has 0 saturated carbocycles. The van der Waals surface area contributed by atoms with Gasteiger partial charge in [0.1, 0.15) is 0 Å². The molecule has 0 aromatic rings. The minimum absolute atomic E-state index is 0. The summed E-state index contributed by atoms with van der Waals surface area (Å²) in [5.41, 5.74) is 2.62. The largest absolute Gasteiger partial charge is 1.00 e. The molecule has 0 unspecified atom stereocenters. The quantitative estimate of drug-likeness (QED) is 0.127. The molecule has 0 nitrogen and oxygen atoms in total. The maximum atomic E-state index is 4.63. The summed E-state index contributed by atoms with van der Waals surface area (Å²) in [6, 6.07) is 0. The van der Waals surface area contributed by atoms with E-state index in [9.17, 15) is 0 Å². The Morgan fingerprint density at radius 2 is 0.714 bits per heavy atom. The second kappa shape index (κ2) is 90.0. The van der Waals surface area contributed by atoms with Gasteiger partial charge in [-0.25, -0.2) is 0 Å². The van der Waals surface area contributed by atoms with Gasteiger partial charge in [0, 0.05) is 6.08 Å². The molecule has 1 rings (SSSR count). The van der Waals surface area contributed by atoms with Crippen molar-refractivity contribution in [3.05, 3.63) is 17.9 Å². The Labute approximate surface area is 371 Å². The molecular weight excluding hydrogens is 1560 g/mol. The maximum absolute atomic E-state index is 4.63. The zero-order valence-corrected chi connectivity index (χ0v) is 57.9. The van der Waals surface area contributed by atoms with E-state index in [1.807, 2.05) is 0 Å². The Morgan fingerprint density at radius 3 is 0.743 bits per heavy atom. The van der Waals surface area contributed by atoms with Crippen molar-refractivity contribution in [3.8, 4) is 11.8 Å². The Balaban J connectivity index is -0.0000000260. The molecule has 0 aromatic carbocycles. The second-order valence-corrected chi connectivity index (χ2v) is 11.1. The predicted octanol–water partition coefficient (Wildman–Crippen LogP) is 4.99. The van der Waals surface area contributed by atoms with Gasteiger partial charge in [-0.05, 0) is 60.0 Å². The van der Waals surface area contributed by atoms with Crippen molar-refractivity contribution >= 4 is 122 Å². The van der Waals surface area contributed by atoms with Crippen molar-refractivity contribution in [2.24, 2.45) is 0 Å². The summed E-state index contributed by atoms with van der Waals surface area (Å²) in [6.45, 7) is 0. The average molecular weight is 1600 g/mol. The van der Waals surface area contributed by atoms with Crippen LogP contribution in [0.4, 0.5) is 0 Å². The topological polar surface area (TPSA) is 0 Å². The molecule has 15 heteroatoms. The second-order valence-electron chi connectivity index (χ2n) is 4.17. The molecule has 0 aliphatic heterocycles. The van der Waals surface area contributed by atoms with E-state index >= 15 is 0 Å². The molecular formula is C20H36Hg5S10. The van der Waals surface area contributed by atoms with Gasteiger partial charge in [-0.15, -0.1) is 0 Å². The Kier molecular flexibility index (Phi) is 178. The van der Waals surface area contributed by atoms with Gasteiger partial charge >= 0.3 is 138 Å². The van der Waals surface area contributed by atoms with Crippen molar-refractivity contribution in [2.45, 2.75) is 0 Å². The molecule has 0 heterocycles. The molecule has 35 heavy (non-hydrogen) atoms. The van der Waals surface area contributed by atoms with Crippen LogP contribution >= 0.6 is 58.8 Å². The summed E-state index contributed by atoms with van der Waals surface area (Å²) < 4.78 is 0. The van der Waals surface area contributed by atoms with Gasteiger partial charge in [0.15, 0.2) is 0 Å². The van der Waals surface area contributed by atoms with Gasteiger partial charge < -0.3 is 63.1 Å². The van der Waals surface area contributed by atoms with Crippen molar-refractivity contribution in [1.82, 2.24) is 0 Å². The van der Waals surface area contributed by atoms with Crippen LogP contribution in [0, 0.1) is 17.9 Å². The Bertz CT molecular complexity index is 311. The molecule has 0 spiro atoms. The number of allylic oxidation sites excluding steroid dienone is 1. The number of rotatable bonds is 10. The monoisotopic (exact) mass is 1610 g/mol. The van der Waals surface area contributed by atoms with Crippen LogP contribution in [0.25, 0.3) is 0 Å². The third-order valence-corrected chi connectivity index (χ3v) is 7.16. The average Bonchev–Trinajstić information content (AvgIpc) is 3.33. The first-order valence-electron chi connectivity index (χ1n) is 8.76. The molecule has 6 radical (unpaired) electrons. The van der Waals surface area contributed by atoms with Crippen LogP contribution in [0.2, 0.25) is 0 Å². The standard InChI is InChI=1S/C5H.5C3H8S2.5Hg/c1-2-4-5-3-1;5*1-5-3-2-4;;;;;/h1H;5*4H,2-3H2,1H3;;;;;/q;;;;;;5*+1/p-5. The van der Waals surface area contributed by atoms with Crippen LogP contribution in [-0.2, 0) is 201 Å². The molecule has 0 saturated heterocycles. The van der Waals surface area contributed by atoms with Crippen molar-refractivity contribution in [3.63, 3.8) is 0 Å². The van der Waals surface area contributed by atoms with E-state index in [1.54, 1.807) is 64.9 Å². The number of thioether (sulfide) groups is 5. The molecule has 0 N–H and O–H groups in total. The first-order chi connectivity index (χ1) is 14.6. The molecule has 0 bridgehead atoms. The van der Waals surface area contributed by atoms with Gasteiger partial charge in [-0.3, -0.25) is 0 Å². The van der Waals surface area contributed by atoms with Crippen molar-refractivity contribution < 1.29 is 138 Å². The summed E-state index contributed by atoms with van der Waals surface area (Å²) in [5.74, 6) is 15.2. The number of hydrogen-bond donors (Lipinski definition) is 0. The van der Waals surface area contributed by atoms with Crippen molar-refractivity contribution in [1.29, 1.82) is 0 Å². The zero-order chi connectivity index (χ0) is 24.1. The molecule has 0 aromatic heterocycles. The van der Waals surface area contributed by atoms with Crippen LogP contribution in [0.5, 0.6) is 0 Å². The minimum atomic E-state index is 0. The van der Waals surface area contributed by atoms with Crippen molar-refractivity contribution in [2.75, 3.05) is 88.8 Å². The first-order valence-corrected chi connectivity index (χ1v) is 18.6. The van der Waals surface area contributed by atoms with Gasteiger partial charge in [-0.2, -0.15) is 87.6 Å². The summed E-state index contributed by atoms with van der Waals surface area (Å²) in [5, 5.41) is 0. The normalized spacial score (nSPS) is 7.60. The Morgan fingerprint density at radius 1 is 0.486 bits per heavy atom. The smallest absolute Gasteiger partial charge is 0.792 e. The van der Waals surface area contributed by atoms with Crippen LogP contribution in [-0.4, -0.2) is 88.8 Å². The zero-order valence-electron chi connectivity index (χ0n) is 22.3. The molecule has 186 valence electrons. The summed E-state index contributed by atoms with van der Waals surface area (Å²) in [6.07, 6.45) is 14.5. The summed E-state index contributed by atoms with van der Waals surface area (Å²) in [4.78, 5) is 0. The fourth-order valence-corrected chi connectivity index (χ4v) is 3.93. The molecule has 1 aliphatic carbocycles. The molecule has 0 atom stereocenters. The summed E-state index contributed by atoms with van der Waals surface area (Å²) in [7, 11) is 0. The fraction of sp³-hybridized carbons (Fsp3) is 0.750. The minimum Gasteiger partial charge on any atom is -0.792 e. The third kappa shape index (κ3) is 128. The molecule has 0 amide bonds. The number of hydrogen-bond acceptors (Lipinski definition) is 10. The van der Waals surface area contributed by atoms with Gasteiger partial charge in [-0.1, -0.05) is 17.6 Å². The first kappa shape index (κ1) is 69.1. The van der Waals surface area contributed by atoms with E-state index < -0.39 is 0 Å². The van der Waals surface area contributed by atoms with E-state index in [1.165, 1.54) is 0 Å². The molecule has 0 fully saturated rings. The Hall–Kier alpha value is 7.26. The van der Waals surface area contributed by atoms with E-state index in [4.69, 9.17) is 0 Å². The van der Waals surface area contributed by atoms with Crippen LogP contribution in [0.15, 0.2) is 11.8 Å². The summed E-state index contributed by atoms with van der Waals surface area (Å²) >= 11 is 32.1. The maximum Gasteiger partial charge on any atom is 1.00 e. The third-order valence-electron chi connectivity index (χ3n) is 1.79. The van der Waals surface area contributed by atoms with E-state index in [0.29, 0.717) is 0 Å². The van der Waals surface area contributed by atoms with Gasteiger partial charge in [0.05, 0.1) is 6.08 Å². The van der Waals surface area contributed by atoms with Gasteiger partial charge in [0.25, 0.3) is 0 Å². The van der Waals surface area contributed by atoms with E-state index in [2.05, 4.69) is 118 Å². The van der Waals surface area contributed by atoms with Crippen LogP contribution in [0.1, 0.15) is 0 Å². The van der Waals surface area contributed by atoms with Gasteiger partial charge in [0.2, 0.25) is 0 Å². The predicted molar refractivity (Wildman–Crippen MR) is 172 cm³/mol.